The number of rotatable bonds is 2. The Morgan fingerprint density at radius 3 is 3.06 bits per heavy atom. The molecular weight excluding hydrogens is 208 g/mol. The fourth-order valence-electron chi connectivity index (χ4n) is 1.93. The summed E-state index contributed by atoms with van der Waals surface area (Å²) >= 11 is 0. The molecule has 0 bridgehead atoms. The van der Waals surface area contributed by atoms with Gasteiger partial charge in [0.15, 0.2) is 0 Å². The molecule has 0 saturated carbocycles. The first-order valence-corrected chi connectivity index (χ1v) is 5.30. The van der Waals surface area contributed by atoms with Gasteiger partial charge in [0.25, 0.3) is 0 Å². The summed E-state index contributed by atoms with van der Waals surface area (Å²) in [4.78, 5) is 10.0. The molecule has 0 amide bonds. The van der Waals surface area contributed by atoms with Crippen LogP contribution in [0.25, 0.3) is 0 Å². The van der Waals surface area contributed by atoms with Gasteiger partial charge in [-0.2, -0.15) is 4.98 Å². The molecule has 1 unspecified atom stereocenters. The molecule has 16 heavy (non-hydrogen) atoms. The van der Waals surface area contributed by atoms with Crippen LogP contribution in [-0.4, -0.2) is 45.5 Å². The lowest BCUT2D eigenvalue weighted by atomic mass is 9.94. The summed E-state index contributed by atoms with van der Waals surface area (Å²) in [6.45, 7) is 0.866. The summed E-state index contributed by atoms with van der Waals surface area (Å²) < 4.78 is 0. The molecule has 1 aliphatic rings. The Morgan fingerprint density at radius 1 is 1.56 bits per heavy atom. The predicted molar refractivity (Wildman–Crippen MR) is 59.9 cm³/mol. The van der Waals surface area contributed by atoms with E-state index >= 15 is 0 Å². The van der Waals surface area contributed by atoms with E-state index in [4.69, 9.17) is 10.8 Å². The molecule has 6 heteroatoms. The number of β-amino-alcohol motifs (C(OH)–C–C–N with tert-alkyl or cyclic N) is 1. The van der Waals surface area contributed by atoms with Crippen molar-refractivity contribution in [3.8, 4) is 0 Å². The van der Waals surface area contributed by atoms with Crippen LogP contribution in [-0.2, 0) is 0 Å². The summed E-state index contributed by atoms with van der Waals surface area (Å²) in [7, 11) is 0. The highest BCUT2D eigenvalue weighted by Crippen LogP contribution is 2.23. The summed E-state index contributed by atoms with van der Waals surface area (Å²) in [5, 5.41) is 19.1. The number of aromatic nitrogens is 2. The normalized spacial score (nSPS) is 25.8. The van der Waals surface area contributed by atoms with Crippen LogP contribution < -0.4 is 10.6 Å². The van der Waals surface area contributed by atoms with E-state index < -0.39 is 5.60 Å². The molecule has 88 valence electrons. The van der Waals surface area contributed by atoms with Crippen molar-refractivity contribution in [3.05, 3.63) is 12.3 Å². The first kappa shape index (κ1) is 11.1. The van der Waals surface area contributed by atoms with Crippen LogP contribution in [0.5, 0.6) is 0 Å². The molecule has 1 aromatic heterocycles. The maximum atomic E-state index is 10.0. The van der Waals surface area contributed by atoms with E-state index in [2.05, 4.69) is 9.97 Å². The minimum atomic E-state index is -1.05. The molecule has 0 aliphatic carbocycles. The third-order valence-corrected chi connectivity index (χ3v) is 2.80. The van der Waals surface area contributed by atoms with E-state index in [-0.39, 0.29) is 6.61 Å². The summed E-state index contributed by atoms with van der Waals surface area (Å²) in [6.07, 6.45) is 2.99. The van der Waals surface area contributed by atoms with Crippen LogP contribution in [0.2, 0.25) is 0 Å². The van der Waals surface area contributed by atoms with Crippen LogP contribution in [0.3, 0.4) is 0 Å². The van der Waals surface area contributed by atoms with Crippen molar-refractivity contribution in [2.45, 2.75) is 18.4 Å². The van der Waals surface area contributed by atoms with Crippen molar-refractivity contribution in [1.29, 1.82) is 0 Å². The van der Waals surface area contributed by atoms with Crippen LogP contribution >= 0.6 is 0 Å². The summed E-state index contributed by atoms with van der Waals surface area (Å²) in [6, 6.07) is 1.62. The van der Waals surface area contributed by atoms with Gasteiger partial charge in [0.2, 0.25) is 5.95 Å². The average Bonchev–Trinajstić information content (AvgIpc) is 2.29. The lowest BCUT2D eigenvalue weighted by Gasteiger charge is -2.37. The van der Waals surface area contributed by atoms with Crippen LogP contribution in [0.4, 0.5) is 11.8 Å². The summed E-state index contributed by atoms with van der Waals surface area (Å²) in [5.41, 5.74) is 4.53. The molecular formula is C10H16N4O2. The SMILES string of the molecule is Nc1ccnc(N2CCCC(O)(CO)C2)n1. The van der Waals surface area contributed by atoms with Crippen molar-refractivity contribution in [2.75, 3.05) is 30.3 Å². The number of nitrogens with two attached hydrogens (primary N) is 1. The monoisotopic (exact) mass is 224 g/mol. The van der Waals surface area contributed by atoms with Crippen molar-refractivity contribution in [2.24, 2.45) is 0 Å². The van der Waals surface area contributed by atoms with Gasteiger partial charge >= 0.3 is 0 Å². The Kier molecular flexibility index (Phi) is 2.93. The molecule has 2 heterocycles. The van der Waals surface area contributed by atoms with Gasteiger partial charge in [-0.3, -0.25) is 0 Å². The van der Waals surface area contributed by atoms with Crippen molar-refractivity contribution in [1.82, 2.24) is 9.97 Å². The first-order valence-electron chi connectivity index (χ1n) is 5.30. The van der Waals surface area contributed by atoms with Gasteiger partial charge in [-0.05, 0) is 18.9 Å². The summed E-state index contributed by atoms with van der Waals surface area (Å²) in [5.74, 6) is 0.912. The quantitative estimate of drug-likeness (QED) is 0.620. The van der Waals surface area contributed by atoms with E-state index in [1.807, 2.05) is 4.90 Å². The van der Waals surface area contributed by atoms with Crippen molar-refractivity contribution in [3.63, 3.8) is 0 Å². The Bertz CT molecular complexity index is 374. The topological polar surface area (TPSA) is 95.5 Å². The van der Waals surface area contributed by atoms with Gasteiger partial charge in [-0.25, -0.2) is 4.98 Å². The second kappa shape index (κ2) is 4.23. The van der Waals surface area contributed by atoms with E-state index in [0.29, 0.717) is 24.7 Å². The zero-order valence-electron chi connectivity index (χ0n) is 9.00. The molecule has 1 aliphatic heterocycles. The Labute approximate surface area is 93.7 Å². The predicted octanol–water partition coefficient (Wildman–Crippen LogP) is -0.618. The second-order valence-corrected chi connectivity index (χ2v) is 4.19. The number of nitrogen functional groups attached to an aromatic ring is 1. The number of anilines is 2. The number of hydrogen-bond donors (Lipinski definition) is 3. The van der Waals surface area contributed by atoms with Gasteiger partial charge in [0.05, 0.1) is 13.2 Å². The van der Waals surface area contributed by atoms with E-state index in [1.54, 1.807) is 12.3 Å². The molecule has 1 atom stereocenters. The van der Waals surface area contributed by atoms with Crippen molar-refractivity contribution >= 4 is 11.8 Å². The molecule has 1 fully saturated rings. The molecule has 0 spiro atoms. The number of aliphatic hydroxyl groups is 2. The van der Waals surface area contributed by atoms with Crippen LogP contribution in [0.15, 0.2) is 12.3 Å². The molecule has 2 rings (SSSR count). The van der Waals surface area contributed by atoms with Gasteiger partial charge in [-0.15, -0.1) is 0 Å². The average molecular weight is 224 g/mol. The van der Waals surface area contributed by atoms with Crippen molar-refractivity contribution < 1.29 is 10.2 Å². The van der Waals surface area contributed by atoms with E-state index in [9.17, 15) is 5.11 Å². The Morgan fingerprint density at radius 2 is 2.38 bits per heavy atom. The fourth-order valence-corrected chi connectivity index (χ4v) is 1.93. The number of hydrogen-bond acceptors (Lipinski definition) is 6. The molecule has 1 saturated heterocycles. The zero-order valence-corrected chi connectivity index (χ0v) is 9.00. The lowest BCUT2D eigenvalue weighted by molar-refractivity contribution is -0.0244. The molecule has 1 aromatic rings. The number of aliphatic hydroxyl groups excluding tert-OH is 1. The first-order chi connectivity index (χ1) is 7.63. The van der Waals surface area contributed by atoms with Crippen LogP contribution in [0.1, 0.15) is 12.8 Å². The van der Waals surface area contributed by atoms with Gasteiger partial charge in [0.1, 0.15) is 11.4 Å². The minimum Gasteiger partial charge on any atom is -0.393 e. The van der Waals surface area contributed by atoms with E-state index in [1.165, 1.54) is 0 Å². The minimum absolute atomic E-state index is 0.244. The Hall–Kier alpha value is -1.40. The zero-order chi connectivity index (χ0) is 11.6. The maximum Gasteiger partial charge on any atom is 0.227 e. The maximum absolute atomic E-state index is 10.0. The lowest BCUT2D eigenvalue weighted by Crippen LogP contribution is -2.51. The largest absolute Gasteiger partial charge is 0.393 e. The van der Waals surface area contributed by atoms with E-state index in [0.717, 1.165) is 13.0 Å². The highest BCUT2D eigenvalue weighted by Gasteiger charge is 2.33. The third-order valence-electron chi connectivity index (χ3n) is 2.80. The standard InChI is InChI=1S/C10H16N4O2/c11-8-2-4-12-9(13-8)14-5-1-3-10(16,6-14)7-15/h2,4,15-16H,1,3,5-7H2,(H2,11,12,13). The van der Waals surface area contributed by atoms with Gasteiger partial charge in [-0.1, -0.05) is 0 Å². The highest BCUT2D eigenvalue weighted by atomic mass is 16.3. The molecule has 6 nitrogen and oxygen atoms in total. The Balaban J connectivity index is 2.16. The molecule has 0 aromatic carbocycles. The fraction of sp³-hybridized carbons (Fsp3) is 0.600. The number of piperidine rings is 1. The smallest absolute Gasteiger partial charge is 0.227 e. The molecule has 4 N–H and O–H groups in total. The molecule has 0 radical (unpaired) electrons. The van der Waals surface area contributed by atoms with Crippen LogP contribution in [0, 0.1) is 0 Å². The van der Waals surface area contributed by atoms with Gasteiger partial charge < -0.3 is 20.8 Å². The third kappa shape index (κ3) is 2.23. The highest BCUT2D eigenvalue weighted by molar-refractivity contribution is 5.38. The number of nitrogens with zero attached hydrogens (tertiary/aromatic N) is 3. The van der Waals surface area contributed by atoms with Gasteiger partial charge in [0, 0.05) is 12.7 Å². The second-order valence-electron chi connectivity index (χ2n) is 4.19.